The van der Waals surface area contributed by atoms with Crippen molar-refractivity contribution in [3.05, 3.63) is 52.7 Å². The Morgan fingerprint density at radius 1 is 1.12 bits per heavy atom. The minimum Gasteiger partial charge on any atom is -0.307 e. The Labute approximate surface area is 142 Å². The Hall–Kier alpha value is -2.25. The summed E-state index contributed by atoms with van der Waals surface area (Å²) in [5.74, 6) is 0.0190. The van der Waals surface area contributed by atoms with Gasteiger partial charge in [0, 0.05) is 25.9 Å². The fraction of sp³-hybridized carbons (Fsp3) is 0.294. The van der Waals surface area contributed by atoms with E-state index in [9.17, 15) is 13.2 Å². The number of nitrogens with one attached hydrogen (secondary N) is 1. The first-order valence-corrected chi connectivity index (χ1v) is 8.84. The van der Waals surface area contributed by atoms with Gasteiger partial charge >= 0.3 is 0 Å². The molecule has 1 amide bonds. The van der Waals surface area contributed by atoms with E-state index in [1.54, 1.807) is 32.2 Å². The van der Waals surface area contributed by atoms with Gasteiger partial charge in [0.1, 0.15) is 5.82 Å². The Morgan fingerprint density at radius 3 is 2.33 bits per heavy atom. The number of pyridine rings is 1. The smallest absolute Gasteiger partial charge is 0.256 e. The van der Waals surface area contributed by atoms with Crippen LogP contribution in [-0.2, 0) is 10.0 Å². The molecule has 2 rings (SSSR count). The van der Waals surface area contributed by atoms with Crippen LogP contribution in [0.2, 0.25) is 0 Å². The number of hydrogen-bond donors (Lipinski definition) is 1. The zero-order valence-electron chi connectivity index (χ0n) is 14.4. The van der Waals surface area contributed by atoms with Crippen LogP contribution in [0.1, 0.15) is 27.0 Å². The lowest BCUT2D eigenvalue weighted by Crippen LogP contribution is -2.24. The molecule has 1 aromatic carbocycles. The third-order valence-electron chi connectivity index (χ3n) is 3.79. The highest BCUT2D eigenvalue weighted by Gasteiger charge is 2.23. The van der Waals surface area contributed by atoms with Crippen LogP contribution in [0.15, 0.2) is 35.4 Å². The van der Waals surface area contributed by atoms with Crippen LogP contribution in [0, 0.1) is 20.8 Å². The van der Waals surface area contributed by atoms with Gasteiger partial charge in [-0.3, -0.25) is 4.79 Å². The second kappa shape index (κ2) is 6.70. The van der Waals surface area contributed by atoms with E-state index >= 15 is 0 Å². The van der Waals surface area contributed by atoms with E-state index in [-0.39, 0.29) is 10.5 Å². The van der Waals surface area contributed by atoms with Crippen molar-refractivity contribution in [3.63, 3.8) is 0 Å². The van der Waals surface area contributed by atoms with E-state index in [2.05, 4.69) is 10.3 Å². The summed E-state index contributed by atoms with van der Waals surface area (Å²) in [7, 11) is -0.696. The lowest BCUT2D eigenvalue weighted by molar-refractivity contribution is 0.102. The summed E-state index contributed by atoms with van der Waals surface area (Å²) in [6, 6.07) is 6.62. The third-order valence-corrected chi connectivity index (χ3v) is 5.73. The molecule has 0 fully saturated rings. The summed E-state index contributed by atoms with van der Waals surface area (Å²) in [5, 5.41) is 2.68. The molecule has 0 saturated heterocycles. The van der Waals surface area contributed by atoms with Crippen molar-refractivity contribution in [3.8, 4) is 0 Å². The lowest BCUT2D eigenvalue weighted by Gasteiger charge is -2.16. The zero-order chi connectivity index (χ0) is 18.1. The van der Waals surface area contributed by atoms with Gasteiger partial charge in [0.25, 0.3) is 5.91 Å². The van der Waals surface area contributed by atoms with Crippen molar-refractivity contribution < 1.29 is 13.2 Å². The van der Waals surface area contributed by atoms with Gasteiger partial charge in [-0.15, -0.1) is 0 Å². The fourth-order valence-corrected chi connectivity index (χ4v) is 3.37. The monoisotopic (exact) mass is 347 g/mol. The predicted molar refractivity (Wildman–Crippen MR) is 93.7 cm³/mol. The zero-order valence-corrected chi connectivity index (χ0v) is 15.2. The number of rotatable bonds is 4. The molecule has 0 atom stereocenters. The van der Waals surface area contributed by atoms with Crippen molar-refractivity contribution >= 4 is 21.7 Å². The van der Waals surface area contributed by atoms with E-state index in [0.717, 1.165) is 15.4 Å². The second-order valence-electron chi connectivity index (χ2n) is 5.88. The molecule has 128 valence electrons. The third kappa shape index (κ3) is 3.63. The maximum absolute atomic E-state index is 12.5. The molecular weight excluding hydrogens is 326 g/mol. The van der Waals surface area contributed by atoms with Gasteiger partial charge in [-0.05, 0) is 55.7 Å². The lowest BCUT2D eigenvalue weighted by atomic mass is 10.1. The van der Waals surface area contributed by atoms with Gasteiger partial charge in [0.2, 0.25) is 10.0 Å². The van der Waals surface area contributed by atoms with Crippen molar-refractivity contribution in [2.24, 2.45) is 0 Å². The molecular formula is C17H21N3O3S. The first-order valence-electron chi connectivity index (χ1n) is 7.40. The first-order chi connectivity index (χ1) is 11.1. The quantitative estimate of drug-likeness (QED) is 0.922. The van der Waals surface area contributed by atoms with E-state index in [1.807, 2.05) is 13.0 Å². The Bertz CT molecular complexity index is 873. The van der Waals surface area contributed by atoms with Crippen molar-refractivity contribution in [1.29, 1.82) is 0 Å². The summed E-state index contributed by atoms with van der Waals surface area (Å²) < 4.78 is 26.1. The molecule has 6 nitrogen and oxygen atoms in total. The average Bonchev–Trinajstić information content (AvgIpc) is 2.51. The summed E-state index contributed by atoms with van der Waals surface area (Å²) >= 11 is 0. The van der Waals surface area contributed by atoms with Crippen LogP contribution in [0.3, 0.4) is 0 Å². The molecule has 7 heteroatoms. The number of nitrogens with zero attached hydrogens (tertiary/aromatic N) is 2. The number of amides is 1. The molecule has 0 aliphatic heterocycles. The molecule has 0 saturated carbocycles. The van der Waals surface area contributed by atoms with Crippen LogP contribution < -0.4 is 5.32 Å². The van der Waals surface area contributed by atoms with Crippen LogP contribution in [0.5, 0.6) is 0 Å². The molecule has 1 aromatic heterocycles. The molecule has 2 aromatic rings. The number of anilines is 1. The number of aryl methyl sites for hydroxylation is 2. The highest BCUT2D eigenvalue weighted by atomic mass is 32.2. The Morgan fingerprint density at radius 2 is 1.79 bits per heavy atom. The van der Waals surface area contributed by atoms with E-state index in [4.69, 9.17) is 0 Å². The SMILES string of the molecule is Cc1ccc(NC(=O)c2cc(C)c(C)c(S(=O)(=O)N(C)C)c2)nc1. The summed E-state index contributed by atoms with van der Waals surface area (Å²) in [6.07, 6.45) is 1.65. The van der Waals surface area contributed by atoms with E-state index in [0.29, 0.717) is 11.4 Å². The minimum absolute atomic E-state index is 0.134. The number of carbonyl (C=O) groups is 1. The number of aromatic nitrogens is 1. The van der Waals surface area contributed by atoms with Gasteiger partial charge in [-0.25, -0.2) is 17.7 Å². The predicted octanol–water partition coefficient (Wildman–Crippen LogP) is 2.51. The molecule has 24 heavy (non-hydrogen) atoms. The van der Waals surface area contributed by atoms with Crippen LogP contribution in [0.4, 0.5) is 5.82 Å². The van der Waals surface area contributed by atoms with Gasteiger partial charge in [-0.1, -0.05) is 6.07 Å². The van der Waals surface area contributed by atoms with Crippen LogP contribution in [0.25, 0.3) is 0 Å². The highest BCUT2D eigenvalue weighted by Crippen LogP contribution is 2.23. The van der Waals surface area contributed by atoms with E-state index in [1.165, 1.54) is 20.2 Å². The van der Waals surface area contributed by atoms with Crippen LogP contribution in [-0.4, -0.2) is 37.7 Å². The van der Waals surface area contributed by atoms with Gasteiger partial charge in [-0.2, -0.15) is 0 Å². The molecule has 1 heterocycles. The number of carbonyl (C=O) groups excluding carboxylic acids is 1. The summed E-state index contributed by atoms with van der Waals surface area (Å²) in [6.45, 7) is 5.42. The Balaban J connectivity index is 2.42. The molecule has 0 spiro atoms. The molecule has 0 aliphatic rings. The molecule has 0 unspecified atom stereocenters. The topological polar surface area (TPSA) is 79.4 Å². The standard InChI is InChI=1S/C17H21N3O3S/c1-11-6-7-16(18-10-11)19-17(21)14-8-12(2)13(3)15(9-14)24(22,23)20(4)5/h6-10H,1-5H3,(H,18,19,21). The second-order valence-corrected chi connectivity index (χ2v) is 8.00. The first kappa shape index (κ1) is 18.1. The molecule has 1 N–H and O–H groups in total. The minimum atomic E-state index is -3.63. The van der Waals surface area contributed by atoms with Gasteiger partial charge in [0.05, 0.1) is 4.90 Å². The Kier molecular flexibility index (Phi) is 5.05. The maximum atomic E-state index is 12.5. The molecule has 0 radical (unpaired) electrons. The van der Waals surface area contributed by atoms with Gasteiger partial charge in [0.15, 0.2) is 0 Å². The van der Waals surface area contributed by atoms with Crippen molar-refractivity contribution in [2.45, 2.75) is 25.7 Å². The normalized spacial score (nSPS) is 11.6. The fourth-order valence-electron chi connectivity index (χ4n) is 2.15. The van der Waals surface area contributed by atoms with Crippen molar-refractivity contribution in [2.75, 3.05) is 19.4 Å². The van der Waals surface area contributed by atoms with Gasteiger partial charge < -0.3 is 5.32 Å². The van der Waals surface area contributed by atoms with Crippen molar-refractivity contribution in [1.82, 2.24) is 9.29 Å². The average molecular weight is 347 g/mol. The largest absolute Gasteiger partial charge is 0.307 e. The summed E-state index contributed by atoms with van der Waals surface area (Å²) in [5.41, 5.74) is 2.63. The molecule has 0 aliphatic carbocycles. The highest BCUT2D eigenvalue weighted by molar-refractivity contribution is 7.89. The van der Waals surface area contributed by atoms with Crippen LogP contribution >= 0.6 is 0 Å². The number of hydrogen-bond acceptors (Lipinski definition) is 4. The molecule has 0 bridgehead atoms. The number of benzene rings is 1. The number of sulfonamides is 1. The van der Waals surface area contributed by atoms with E-state index < -0.39 is 15.9 Å². The maximum Gasteiger partial charge on any atom is 0.256 e. The summed E-state index contributed by atoms with van der Waals surface area (Å²) in [4.78, 5) is 16.7.